The molecule has 4 aromatic heterocycles. The number of benzene rings is 8. The van der Waals surface area contributed by atoms with Gasteiger partial charge in [-0.2, -0.15) is 0 Å². The molecule has 4 heterocycles. The van der Waals surface area contributed by atoms with Gasteiger partial charge in [0.05, 0.1) is 24.7 Å². The molecule has 0 aliphatic heterocycles. The second-order valence-corrected chi connectivity index (χ2v) is 13.6. The van der Waals surface area contributed by atoms with E-state index in [0.717, 1.165) is 27.5 Å². The van der Waals surface area contributed by atoms with Gasteiger partial charge >= 0.3 is 0 Å². The molecular formula is C51H30N4O2. The molecule has 0 radical (unpaired) electrons. The first-order chi connectivity index (χ1) is 32.4. The van der Waals surface area contributed by atoms with Gasteiger partial charge in [0, 0.05) is 60.3 Å². The minimum Gasteiger partial charge on any atom is -0.456 e. The van der Waals surface area contributed by atoms with E-state index in [4.69, 9.17) is 32.0 Å². The van der Waals surface area contributed by atoms with Gasteiger partial charge in [-0.3, -0.25) is 0 Å². The molecular weight excluding hydrogens is 701 g/mol. The molecule has 57 heavy (non-hydrogen) atoms. The zero-order valence-corrected chi connectivity index (χ0v) is 29.7. The summed E-state index contributed by atoms with van der Waals surface area (Å²) in [5.41, 5.74) is 4.83. The van der Waals surface area contributed by atoms with Gasteiger partial charge in [0.2, 0.25) is 0 Å². The normalized spacial score (nSPS) is 14.3. The van der Waals surface area contributed by atoms with Crippen LogP contribution < -0.4 is 0 Å². The maximum Gasteiger partial charge on any atom is 0.164 e. The summed E-state index contributed by atoms with van der Waals surface area (Å²) in [5, 5.41) is 2.74. The molecule has 0 saturated heterocycles. The average Bonchev–Trinajstić information content (AvgIpc) is 4.03. The van der Waals surface area contributed by atoms with Crippen molar-refractivity contribution in [2.75, 3.05) is 0 Å². The number of hydrogen-bond donors (Lipinski definition) is 0. The Labute approximate surface area is 340 Å². The first-order valence-corrected chi connectivity index (χ1v) is 18.2. The van der Waals surface area contributed by atoms with Crippen LogP contribution in [-0.2, 0) is 0 Å². The Hall–Kier alpha value is -7.83. The topological polar surface area (TPSA) is 69.9 Å². The van der Waals surface area contributed by atoms with Crippen LogP contribution in [-0.4, -0.2) is 19.5 Å². The molecule has 266 valence electrons. The smallest absolute Gasteiger partial charge is 0.164 e. The lowest BCUT2D eigenvalue weighted by Crippen LogP contribution is -2.00. The number of furan rings is 2. The molecule has 0 atom stereocenters. The molecule has 0 amide bonds. The van der Waals surface area contributed by atoms with E-state index in [1.54, 1.807) is 6.07 Å². The van der Waals surface area contributed by atoms with Crippen molar-refractivity contribution in [3.63, 3.8) is 0 Å². The van der Waals surface area contributed by atoms with Gasteiger partial charge in [-0.15, -0.1) is 0 Å². The van der Waals surface area contributed by atoms with Crippen molar-refractivity contribution in [2.45, 2.75) is 0 Å². The van der Waals surface area contributed by atoms with E-state index in [1.807, 2.05) is 97.1 Å². The summed E-state index contributed by atoms with van der Waals surface area (Å²) >= 11 is 0. The molecule has 8 aromatic carbocycles. The van der Waals surface area contributed by atoms with Gasteiger partial charge in [-0.25, -0.2) is 15.0 Å². The van der Waals surface area contributed by atoms with E-state index in [-0.39, 0.29) is 122 Å². The van der Waals surface area contributed by atoms with Crippen molar-refractivity contribution in [3.05, 3.63) is 182 Å². The van der Waals surface area contributed by atoms with E-state index in [0.29, 0.717) is 27.5 Å². The van der Waals surface area contributed by atoms with Crippen LogP contribution in [0.1, 0.15) is 13.7 Å². The highest BCUT2D eigenvalue weighted by molar-refractivity contribution is 6.12. The van der Waals surface area contributed by atoms with Gasteiger partial charge in [-0.05, 0) is 60.0 Å². The quantitative estimate of drug-likeness (QED) is 0.176. The number of hydrogen-bond acceptors (Lipinski definition) is 5. The summed E-state index contributed by atoms with van der Waals surface area (Å²) in [7, 11) is 0. The fraction of sp³-hybridized carbons (Fsp3) is 0. The Balaban J connectivity index is 1.06. The van der Waals surface area contributed by atoms with E-state index < -0.39 is 0 Å². The standard InChI is InChI=1S/C51H30N4O2/c1-3-12-31(13-4-1)36-18-11-19-41-39-25-22-34(29-47(39)57-48(36)41)51-53-49(32-14-5-2-6-15-32)52-50(54-51)33-23-26-40-42-30-35(24-27-45(42)56-46(40)28-33)55-43-20-9-7-16-37(43)38-17-8-10-21-44(38)55/h1-30H/i7D,8D,9D,10D,20D,21D,23D,26D,27D,28D. The molecule has 6 heteroatoms. The van der Waals surface area contributed by atoms with Crippen molar-refractivity contribution >= 4 is 65.7 Å². The van der Waals surface area contributed by atoms with Crippen LogP contribution in [0.15, 0.2) is 191 Å². The van der Waals surface area contributed by atoms with Gasteiger partial charge < -0.3 is 13.4 Å². The Morgan fingerprint density at radius 2 is 1.12 bits per heavy atom. The molecule has 0 saturated carbocycles. The van der Waals surface area contributed by atoms with Crippen LogP contribution >= 0.6 is 0 Å². The summed E-state index contributed by atoms with van der Waals surface area (Å²) in [6.45, 7) is 0. The number of nitrogens with zero attached hydrogens (tertiary/aromatic N) is 4. The molecule has 0 aliphatic carbocycles. The molecule has 6 nitrogen and oxygen atoms in total. The van der Waals surface area contributed by atoms with Crippen LogP contribution in [0.4, 0.5) is 0 Å². The van der Waals surface area contributed by atoms with Crippen molar-refractivity contribution in [3.8, 4) is 51.0 Å². The fourth-order valence-corrected chi connectivity index (χ4v) is 7.67. The third-order valence-electron chi connectivity index (χ3n) is 10.3. The van der Waals surface area contributed by atoms with E-state index in [1.165, 1.54) is 22.8 Å². The van der Waals surface area contributed by atoms with Crippen LogP contribution in [0.5, 0.6) is 0 Å². The van der Waals surface area contributed by atoms with Gasteiger partial charge in [0.25, 0.3) is 0 Å². The van der Waals surface area contributed by atoms with Crippen molar-refractivity contribution < 1.29 is 22.5 Å². The lowest BCUT2D eigenvalue weighted by Gasteiger charge is -2.08. The maximum absolute atomic E-state index is 9.57. The lowest BCUT2D eigenvalue weighted by molar-refractivity contribution is 0.669. The highest BCUT2D eigenvalue weighted by atomic mass is 16.3. The molecule has 0 aliphatic rings. The van der Waals surface area contributed by atoms with Gasteiger partial charge in [-0.1, -0.05) is 127 Å². The monoisotopic (exact) mass is 740 g/mol. The summed E-state index contributed by atoms with van der Waals surface area (Å²) < 4.78 is 103. The third-order valence-corrected chi connectivity index (χ3v) is 10.3. The van der Waals surface area contributed by atoms with Crippen LogP contribution in [0.2, 0.25) is 0 Å². The second-order valence-electron chi connectivity index (χ2n) is 13.6. The molecule has 0 bridgehead atoms. The summed E-state index contributed by atoms with van der Waals surface area (Å²) in [6, 6.07) is 33.7. The molecule has 0 unspecified atom stereocenters. The molecule has 0 spiro atoms. The Bertz CT molecular complexity index is 4040. The minimum atomic E-state index is -0.378. The third kappa shape index (κ3) is 5.01. The predicted octanol–water partition coefficient (Wildman–Crippen LogP) is 13.4. The highest BCUT2D eigenvalue weighted by Gasteiger charge is 2.19. The molecule has 12 rings (SSSR count). The molecule has 0 fully saturated rings. The largest absolute Gasteiger partial charge is 0.456 e. The molecule has 0 N–H and O–H groups in total. The van der Waals surface area contributed by atoms with E-state index >= 15 is 0 Å². The number of aromatic nitrogens is 4. The molecule has 12 aromatic rings. The highest BCUT2D eigenvalue weighted by Crippen LogP contribution is 2.39. The summed E-state index contributed by atoms with van der Waals surface area (Å²) in [6.07, 6.45) is 0. The Kier molecular flexibility index (Phi) is 5.02. The van der Waals surface area contributed by atoms with Crippen molar-refractivity contribution in [1.82, 2.24) is 19.5 Å². The number of para-hydroxylation sites is 3. The Morgan fingerprint density at radius 1 is 0.421 bits per heavy atom. The zero-order valence-electron chi connectivity index (χ0n) is 39.7. The van der Waals surface area contributed by atoms with Gasteiger partial charge in [0.15, 0.2) is 17.5 Å². The summed E-state index contributed by atoms with van der Waals surface area (Å²) in [5.74, 6) is 0.451. The second kappa shape index (κ2) is 12.3. The lowest BCUT2D eigenvalue weighted by atomic mass is 10.0. The SMILES string of the molecule is [2H]c1cc2c3cc([2H])c([2H])c([2H])c3n(-c3cc([2H])c4oc5c([2H])c(-c6nc(-c7ccccc7)nc(-c7ccc8c(c7)oc7c(-c9ccccc9)cccc78)n6)c([2H])c([2H])c5c4c3)c2c([2H])c1[2H]. The van der Waals surface area contributed by atoms with Crippen molar-refractivity contribution in [1.29, 1.82) is 0 Å². The van der Waals surface area contributed by atoms with Crippen LogP contribution in [0, 0.1) is 0 Å². The first-order valence-electron chi connectivity index (χ1n) is 23.2. The van der Waals surface area contributed by atoms with E-state index in [2.05, 4.69) is 0 Å². The minimum absolute atomic E-state index is 0.00961. The Morgan fingerprint density at radius 3 is 1.88 bits per heavy atom. The van der Waals surface area contributed by atoms with Gasteiger partial charge in [0.1, 0.15) is 22.3 Å². The van der Waals surface area contributed by atoms with E-state index in [9.17, 15) is 5.48 Å². The average molecular weight is 741 g/mol. The first kappa shape index (κ1) is 23.2. The maximum atomic E-state index is 9.57. The van der Waals surface area contributed by atoms with Crippen molar-refractivity contribution in [2.24, 2.45) is 0 Å². The fourth-order valence-electron chi connectivity index (χ4n) is 7.67. The summed E-state index contributed by atoms with van der Waals surface area (Å²) in [4.78, 5) is 14.5. The zero-order chi connectivity index (χ0) is 46.2. The number of fused-ring (bicyclic) bond motifs is 9. The van der Waals surface area contributed by atoms with Crippen LogP contribution in [0.25, 0.3) is 117 Å². The van der Waals surface area contributed by atoms with Crippen LogP contribution in [0.3, 0.4) is 0 Å². The predicted molar refractivity (Wildman–Crippen MR) is 230 cm³/mol. The number of rotatable bonds is 5.